The van der Waals surface area contributed by atoms with E-state index >= 15 is 0 Å². The summed E-state index contributed by atoms with van der Waals surface area (Å²) in [4.78, 5) is 26.2. The quantitative estimate of drug-likeness (QED) is 0.0321. The largest absolute Gasteiger partial charge is 0.462 e. The molecule has 63 heavy (non-hydrogen) atoms. The number of unbranched alkanes of at least 4 members (excludes halogenated alkanes) is 26. The Hall–Kier alpha value is -2.44. The minimum Gasteiger partial charge on any atom is -0.462 e. The lowest BCUT2D eigenvalue weighted by Crippen LogP contribution is -2.46. The van der Waals surface area contributed by atoms with Crippen LogP contribution in [0.1, 0.15) is 265 Å². The van der Waals surface area contributed by atoms with E-state index < -0.39 is 18.2 Å². The van der Waals surface area contributed by atoms with Crippen LogP contribution in [-0.4, -0.2) is 46.9 Å². The summed E-state index contributed by atoms with van der Waals surface area (Å²) in [5.41, 5.74) is 0. The third-order valence-electron chi connectivity index (χ3n) is 12.1. The Morgan fingerprint density at radius 3 is 1.33 bits per heavy atom. The number of amides is 1. The molecule has 0 aliphatic heterocycles. The smallest absolute Gasteiger partial charge is 0.306 e. The van der Waals surface area contributed by atoms with Gasteiger partial charge < -0.3 is 20.3 Å². The van der Waals surface area contributed by atoms with Crippen LogP contribution >= 0.6 is 0 Å². The minimum atomic E-state index is -0.797. The molecule has 0 aromatic carbocycles. The topological polar surface area (TPSA) is 95.9 Å². The number of aliphatic hydroxyl groups is 2. The van der Waals surface area contributed by atoms with Gasteiger partial charge in [0.2, 0.25) is 5.91 Å². The Kier molecular flexibility index (Phi) is 48.6. The van der Waals surface area contributed by atoms with Crippen LogP contribution in [0.5, 0.6) is 0 Å². The first-order valence-electron chi connectivity index (χ1n) is 27.0. The van der Waals surface area contributed by atoms with Gasteiger partial charge in [0.05, 0.1) is 25.2 Å². The second-order valence-electron chi connectivity index (χ2n) is 18.2. The average Bonchev–Trinajstić information content (AvgIpc) is 3.28. The molecule has 3 atom stereocenters. The predicted octanol–water partition coefficient (Wildman–Crippen LogP) is 16.4. The molecule has 0 fully saturated rings. The molecule has 0 heterocycles. The van der Waals surface area contributed by atoms with Crippen molar-refractivity contribution >= 4 is 11.9 Å². The number of rotatable bonds is 48. The number of carbonyl (C=O) groups excluding carboxylic acids is 2. The Morgan fingerprint density at radius 2 is 0.857 bits per heavy atom. The lowest BCUT2D eigenvalue weighted by molar-refractivity contribution is -0.151. The molecule has 3 N–H and O–H groups in total. The van der Waals surface area contributed by atoms with E-state index in [4.69, 9.17) is 4.74 Å². The highest BCUT2D eigenvalue weighted by atomic mass is 16.5. The summed E-state index contributed by atoms with van der Waals surface area (Å²) < 4.78 is 5.93. The Balaban J connectivity index is 4.61. The van der Waals surface area contributed by atoms with Gasteiger partial charge in [-0.15, -0.1) is 0 Å². The molecular weight excluding hydrogens is 779 g/mol. The lowest BCUT2D eigenvalue weighted by Gasteiger charge is -2.24. The van der Waals surface area contributed by atoms with Gasteiger partial charge in [0.1, 0.15) is 6.10 Å². The highest BCUT2D eigenvalue weighted by molar-refractivity contribution is 5.77. The molecule has 1 amide bonds. The van der Waals surface area contributed by atoms with Gasteiger partial charge in [-0.2, -0.15) is 0 Å². The first kappa shape index (κ1) is 60.6. The summed E-state index contributed by atoms with van der Waals surface area (Å²) in [5, 5.41) is 23.8. The first-order chi connectivity index (χ1) is 31.0. The van der Waals surface area contributed by atoms with Crippen molar-refractivity contribution in [2.75, 3.05) is 6.61 Å². The van der Waals surface area contributed by atoms with Crippen LogP contribution in [-0.2, 0) is 14.3 Å². The second-order valence-corrected chi connectivity index (χ2v) is 18.2. The molecule has 0 aromatic rings. The number of esters is 1. The van der Waals surface area contributed by atoms with Gasteiger partial charge in [-0.25, -0.2) is 0 Å². The summed E-state index contributed by atoms with van der Waals surface area (Å²) in [6.07, 6.45) is 62.8. The fourth-order valence-electron chi connectivity index (χ4n) is 8.00. The van der Waals surface area contributed by atoms with E-state index in [0.29, 0.717) is 19.3 Å². The number of hydrogen-bond donors (Lipinski definition) is 3. The molecule has 3 unspecified atom stereocenters. The summed E-state index contributed by atoms with van der Waals surface area (Å²) in [5.74, 6) is -0.510. The highest BCUT2D eigenvalue weighted by Gasteiger charge is 2.24. The van der Waals surface area contributed by atoms with Crippen LogP contribution in [0.3, 0.4) is 0 Å². The Bertz CT molecular complexity index is 1130. The van der Waals surface area contributed by atoms with E-state index in [1.54, 1.807) is 0 Å². The first-order valence-corrected chi connectivity index (χ1v) is 27.0. The van der Waals surface area contributed by atoms with Crippen LogP contribution in [0, 0.1) is 0 Å². The fourth-order valence-corrected chi connectivity index (χ4v) is 8.00. The number of aliphatic hydroxyl groups excluding tert-OH is 2. The Morgan fingerprint density at radius 1 is 0.476 bits per heavy atom. The van der Waals surface area contributed by atoms with Gasteiger partial charge in [0.25, 0.3) is 0 Å². The molecule has 0 aromatic heterocycles. The van der Waals surface area contributed by atoms with Crippen molar-refractivity contribution in [1.29, 1.82) is 0 Å². The highest BCUT2D eigenvalue weighted by Crippen LogP contribution is 2.18. The molecular formula is C57H103NO5. The van der Waals surface area contributed by atoms with Crippen molar-refractivity contribution in [2.45, 2.75) is 283 Å². The fraction of sp³-hybridized carbons (Fsp3) is 0.789. The standard InChI is InChI=1S/C57H103NO5/c1-4-7-10-13-16-19-22-25-28-30-33-36-39-42-45-48-53(63-57(62)50-47-44-41-38-35-32-27-24-21-18-15-12-9-6-3)51-56(61)58-54(52-59)55(60)49-46-43-40-37-34-31-29-26-23-20-17-14-11-8-5-2/h9,12,16,18-19,21,25,27-28,32,53-55,59-60H,4-8,10-11,13-15,17,20,22-24,26,29-31,33-52H2,1-3H3,(H,58,61)/b12-9+,19-16-,21-18+,28-25-,32-27+. The SMILES string of the molecule is CC/C=C/C/C=C/C/C=C/CCCCCCC(=O)OC(CCCCCCC/C=C\C/C=C\CCCCC)CC(=O)NC(CO)C(O)CCCCCCCCCCCCCCCCC. The van der Waals surface area contributed by atoms with Crippen LogP contribution in [0.15, 0.2) is 60.8 Å². The van der Waals surface area contributed by atoms with E-state index in [-0.39, 0.29) is 24.9 Å². The maximum atomic E-state index is 13.2. The normalized spacial score (nSPS) is 13.7. The third kappa shape index (κ3) is 45.9. The van der Waals surface area contributed by atoms with Gasteiger partial charge in [0.15, 0.2) is 0 Å². The summed E-state index contributed by atoms with van der Waals surface area (Å²) in [7, 11) is 0. The van der Waals surface area contributed by atoms with Crippen molar-refractivity contribution < 1.29 is 24.5 Å². The molecule has 0 spiro atoms. The third-order valence-corrected chi connectivity index (χ3v) is 12.1. The molecule has 0 saturated carbocycles. The molecule has 0 bridgehead atoms. The van der Waals surface area contributed by atoms with Gasteiger partial charge in [-0.1, -0.05) is 223 Å². The van der Waals surface area contributed by atoms with Crippen LogP contribution in [0.25, 0.3) is 0 Å². The zero-order valence-electron chi connectivity index (χ0n) is 41.7. The van der Waals surface area contributed by atoms with E-state index in [1.165, 1.54) is 116 Å². The molecule has 0 saturated heterocycles. The summed E-state index contributed by atoms with van der Waals surface area (Å²) in [6.45, 7) is 6.35. The van der Waals surface area contributed by atoms with Gasteiger partial charge >= 0.3 is 5.97 Å². The molecule has 0 radical (unpaired) electrons. The van der Waals surface area contributed by atoms with Crippen molar-refractivity contribution in [3.8, 4) is 0 Å². The second kappa shape index (κ2) is 50.6. The van der Waals surface area contributed by atoms with E-state index in [9.17, 15) is 19.8 Å². The molecule has 6 heteroatoms. The summed E-state index contributed by atoms with van der Waals surface area (Å²) >= 11 is 0. The zero-order valence-corrected chi connectivity index (χ0v) is 41.7. The van der Waals surface area contributed by atoms with Crippen molar-refractivity contribution in [3.05, 3.63) is 60.8 Å². The van der Waals surface area contributed by atoms with Crippen molar-refractivity contribution in [2.24, 2.45) is 0 Å². The number of carbonyl (C=O) groups is 2. The van der Waals surface area contributed by atoms with Gasteiger partial charge in [-0.05, 0) is 89.9 Å². The van der Waals surface area contributed by atoms with E-state index in [2.05, 4.69) is 86.8 Å². The number of hydrogen-bond acceptors (Lipinski definition) is 5. The average molecular weight is 882 g/mol. The minimum absolute atomic E-state index is 0.0583. The predicted molar refractivity (Wildman–Crippen MR) is 273 cm³/mol. The van der Waals surface area contributed by atoms with Gasteiger partial charge in [0, 0.05) is 6.42 Å². The van der Waals surface area contributed by atoms with E-state index in [1.807, 2.05) is 0 Å². The monoisotopic (exact) mass is 882 g/mol. The van der Waals surface area contributed by atoms with Crippen molar-refractivity contribution in [1.82, 2.24) is 5.32 Å². The maximum Gasteiger partial charge on any atom is 0.306 e. The Labute approximate surface area is 390 Å². The lowest BCUT2D eigenvalue weighted by atomic mass is 10.0. The van der Waals surface area contributed by atoms with Crippen LogP contribution in [0.2, 0.25) is 0 Å². The zero-order chi connectivity index (χ0) is 45.9. The number of allylic oxidation sites excluding steroid dienone is 10. The van der Waals surface area contributed by atoms with Gasteiger partial charge in [-0.3, -0.25) is 9.59 Å². The van der Waals surface area contributed by atoms with E-state index in [0.717, 1.165) is 103 Å². The van der Waals surface area contributed by atoms with Crippen molar-refractivity contribution in [3.63, 3.8) is 0 Å². The molecule has 0 rings (SSSR count). The van der Waals surface area contributed by atoms with Crippen LogP contribution in [0.4, 0.5) is 0 Å². The molecule has 0 aliphatic carbocycles. The molecule has 366 valence electrons. The molecule has 0 aliphatic rings. The number of ether oxygens (including phenoxy) is 1. The molecule has 6 nitrogen and oxygen atoms in total. The number of nitrogens with one attached hydrogen (secondary N) is 1. The maximum absolute atomic E-state index is 13.2. The van der Waals surface area contributed by atoms with Crippen LogP contribution < -0.4 is 5.32 Å². The summed E-state index contributed by atoms with van der Waals surface area (Å²) in [6, 6.07) is -0.712.